The number of methoxy groups -OCH3 is 1. The van der Waals surface area contributed by atoms with Gasteiger partial charge in [-0.15, -0.1) is 0 Å². The molecule has 0 aliphatic rings. The van der Waals surface area contributed by atoms with Gasteiger partial charge in [0.05, 0.1) is 7.11 Å². The maximum Gasteiger partial charge on any atom is 0.334 e. The smallest absolute Gasteiger partial charge is 0.334 e. The van der Waals surface area contributed by atoms with Gasteiger partial charge >= 0.3 is 5.97 Å². The van der Waals surface area contributed by atoms with Gasteiger partial charge in [-0.2, -0.15) is 0 Å². The molecule has 0 saturated carbocycles. The lowest BCUT2D eigenvalue weighted by atomic mass is 10.1. The Hall–Kier alpha value is -0.0600. The van der Waals surface area contributed by atoms with Crippen molar-refractivity contribution in [2.75, 3.05) is 11.5 Å². The van der Waals surface area contributed by atoms with E-state index < -0.39 is 0 Å². The number of ether oxygens (including phenoxy) is 1. The van der Waals surface area contributed by atoms with Gasteiger partial charge in [-0.1, -0.05) is 42.5 Å². The van der Waals surface area contributed by atoms with Crippen LogP contribution in [0.2, 0.25) is 0 Å². The summed E-state index contributed by atoms with van der Waals surface area (Å²) in [6, 6.07) is 0. The van der Waals surface area contributed by atoms with E-state index in [4.69, 9.17) is 0 Å². The lowest BCUT2D eigenvalue weighted by Crippen LogP contribution is -2.06. The van der Waals surface area contributed by atoms with Crippen LogP contribution in [0.3, 0.4) is 0 Å². The van der Waals surface area contributed by atoms with E-state index in [-0.39, 0.29) is 5.97 Å². The first kappa shape index (κ1) is 10.9. The zero-order valence-electron chi connectivity index (χ0n) is 7.06. The highest BCUT2D eigenvalue weighted by molar-refractivity contribution is 14.1. The first-order chi connectivity index (χ1) is 5.11. The average Bonchev–Trinajstić information content (AvgIpc) is 1.98. The minimum atomic E-state index is -0.215. The molecular formula is C8H13IO2. The SMILES string of the molecule is COC(=O)/C(=C/C(C)C)CI. The third kappa shape index (κ3) is 4.40. The van der Waals surface area contributed by atoms with E-state index >= 15 is 0 Å². The van der Waals surface area contributed by atoms with Gasteiger partial charge < -0.3 is 4.74 Å². The molecule has 0 aromatic carbocycles. The fourth-order valence-corrected chi connectivity index (χ4v) is 1.27. The van der Waals surface area contributed by atoms with E-state index in [0.29, 0.717) is 10.3 Å². The van der Waals surface area contributed by atoms with E-state index in [9.17, 15) is 4.79 Å². The quantitative estimate of drug-likeness (QED) is 0.339. The maximum absolute atomic E-state index is 11.0. The Balaban J connectivity index is 4.27. The predicted octanol–water partition coefficient (Wildman–Crippen LogP) is 2.18. The van der Waals surface area contributed by atoms with Gasteiger partial charge in [0, 0.05) is 10.0 Å². The molecule has 0 atom stereocenters. The average molecular weight is 268 g/mol. The monoisotopic (exact) mass is 268 g/mol. The Morgan fingerprint density at radius 3 is 2.45 bits per heavy atom. The number of esters is 1. The standard InChI is InChI=1S/C8H13IO2/c1-6(2)4-7(5-9)8(10)11-3/h4,6H,5H2,1-3H3/b7-4+. The molecule has 0 rings (SSSR count). The van der Waals surface area contributed by atoms with Crippen LogP contribution in [-0.2, 0) is 9.53 Å². The van der Waals surface area contributed by atoms with Crippen molar-refractivity contribution in [2.45, 2.75) is 13.8 Å². The van der Waals surface area contributed by atoms with Gasteiger partial charge in [-0.05, 0) is 5.92 Å². The lowest BCUT2D eigenvalue weighted by Gasteiger charge is -2.02. The molecule has 2 nitrogen and oxygen atoms in total. The summed E-state index contributed by atoms with van der Waals surface area (Å²) in [6.45, 7) is 4.07. The van der Waals surface area contributed by atoms with E-state index in [1.807, 2.05) is 19.9 Å². The summed E-state index contributed by atoms with van der Waals surface area (Å²) in [7, 11) is 1.41. The molecule has 0 bridgehead atoms. The third-order valence-electron chi connectivity index (χ3n) is 1.13. The van der Waals surface area contributed by atoms with E-state index in [0.717, 1.165) is 5.57 Å². The molecule has 0 radical (unpaired) electrons. The summed E-state index contributed by atoms with van der Waals surface area (Å²) in [5.74, 6) is 0.187. The summed E-state index contributed by atoms with van der Waals surface area (Å²) >= 11 is 2.15. The van der Waals surface area contributed by atoms with Crippen LogP contribution >= 0.6 is 22.6 Å². The number of hydrogen-bond acceptors (Lipinski definition) is 2. The molecule has 64 valence electrons. The normalized spacial score (nSPS) is 11.9. The predicted molar refractivity (Wildman–Crippen MR) is 53.8 cm³/mol. The second-order valence-electron chi connectivity index (χ2n) is 2.56. The molecule has 0 amide bonds. The summed E-state index contributed by atoms with van der Waals surface area (Å²) in [4.78, 5) is 11.0. The van der Waals surface area contributed by atoms with Crippen LogP contribution in [0.25, 0.3) is 0 Å². The molecule has 0 heterocycles. The molecule has 0 aliphatic carbocycles. The van der Waals surface area contributed by atoms with Crippen molar-refractivity contribution < 1.29 is 9.53 Å². The second kappa shape index (κ2) is 5.57. The molecule has 0 aliphatic heterocycles. The number of carbonyl (C=O) groups excluding carboxylic acids is 1. The van der Waals surface area contributed by atoms with E-state index in [2.05, 4.69) is 27.3 Å². The van der Waals surface area contributed by atoms with Crippen molar-refractivity contribution in [1.82, 2.24) is 0 Å². The van der Waals surface area contributed by atoms with Gasteiger partial charge in [0.15, 0.2) is 0 Å². The van der Waals surface area contributed by atoms with Crippen LogP contribution in [0.4, 0.5) is 0 Å². The van der Waals surface area contributed by atoms with Gasteiger partial charge in [0.1, 0.15) is 0 Å². The molecule has 0 saturated heterocycles. The first-order valence-corrected chi connectivity index (χ1v) is 4.99. The highest BCUT2D eigenvalue weighted by Crippen LogP contribution is 2.07. The van der Waals surface area contributed by atoms with Crippen LogP contribution in [0.15, 0.2) is 11.6 Å². The number of carbonyl (C=O) groups is 1. The van der Waals surface area contributed by atoms with Crippen molar-refractivity contribution >= 4 is 28.6 Å². The Kier molecular flexibility index (Phi) is 5.54. The number of allylic oxidation sites excluding steroid dienone is 1. The minimum Gasteiger partial charge on any atom is -0.466 e. The molecule has 3 heteroatoms. The fourth-order valence-electron chi connectivity index (χ4n) is 0.701. The molecule has 0 N–H and O–H groups in total. The van der Waals surface area contributed by atoms with E-state index in [1.165, 1.54) is 7.11 Å². The highest BCUT2D eigenvalue weighted by Gasteiger charge is 2.07. The van der Waals surface area contributed by atoms with Crippen molar-refractivity contribution in [3.8, 4) is 0 Å². The third-order valence-corrected chi connectivity index (χ3v) is 1.95. The molecular weight excluding hydrogens is 255 g/mol. The molecule has 11 heavy (non-hydrogen) atoms. The molecule has 0 aromatic rings. The van der Waals surface area contributed by atoms with Gasteiger partial charge in [0.2, 0.25) is 0 Å². The van der Waals surface area contributed by atoms with Crippen LogP contribution in [0.5, 0.6) is 0 Å². The van der Waals surface area contributed by atoms with Gasteiger partial charge in [-0.3, -0.25) is 0 Å². The van der Waals surface area contributed by atoms with Crippen molar-refractivity contribution in [3.05, 3.63) is 11.6 Å². The van der Waals surface area contributed by atoms with Crippen LogP contribution in [0, 0.1) is 5.92 Å². The maximum atomic E-state index is 11.0. The van der Waals surface area contributed by atoms with Crippen molar-refractivity contribution in [3.63, 3.8) is 0 Å². The lowest BCUT2D eigenvalue weighted by molar-refractivity contribution is -0.135. The van der Waals surface area contributed by atoms with Crippen LogP contribution in [-0.4, -0.2) is 17.5 Å². The zero-order valence-corrected chi connectivity index (χ0v) is 9.21. The summed E-state index contributed by atoms with van der Waals surface area (Å²) < 4.78 is 5.30. The van der Waals surface area contributed by atoms with E-state index in [1.54, 1.807) is 0 Å². The Bertz CT molecular complexity index is 161. The van der Waals surface area contributed by atoms with Crippen LogP contribution < -0.4 is 0 Å². The first-order valence-electron chi connectivity index (χ1n) is 3.46. The van der Waals surface area contributed by atoms with Crippen molar-refractivity contribution in [1.29, 1.82) is 0 Å². The van der Waals surface area contributed by atoms with Crippen molar-refractivity contribution in [2.24, 2.45) is 5.92 Å². The molecule has 0 unspecified atom stereocenters. The summed E-state index contributed by atoms with van der Waals surface area (Å²) in [5.41, 5.74) is 0.753. The fraction of sp³-hybridized carbons (Fsp3) is 0.625. The Morgan fingerprint density at radius 1 is 1.64 bits per heavy atom. The zero-order chi connectivity index (χ0) is 8.85. The van der Waals surface area contributed by atoms with Crippen LogP contribution in [0.1, 0.15) is 13.8 Å². The second-order valence-corrected chi connectivity index (χ2v) is 3.32. The summed E-state index contributed by atoms with van der Waals surface area (Å²) in [6.07, 6.45) is 1.93. The largest absolute Gasteiger partial charge is 0.466 e. The highest BCUT2D eigenvalue weighted by atomic mass is 127. The molecule has 0 fully saturated rings. The number of rotatable bonds is 3. The Morgan fingerprint density at radius 2 is 2.18 bits per heavy atom. The topological polar surface area (TPSA) is 26.3 Å². The molecule has 0 spiro atoms. The number of hydrogen-bond donors (Lipinski definition) is 0. The Labute approximate surface area is 81.1 Å². The van der Waals surface area contributed by atoms with Gasteiger partial charge in [-0.25, -0.2) is 4.79 Å². The number of alkyl halides is 1. The molecule has 0 aromatic heterocycles. The number of halogens is 1. The summed E-state index contributed by atoms with van der Waals surface area (Å²) in [5, 5.41) is 0. The minimum absolute atomic E-state index is 0.215. The van der Waals surface area contributed by atoms with Gasteiger partial charge in [0.25, 0.3) is 0 Å².